The smallest absolute Gasteiger partial charge is 0.0465 e. The summed E-state index contributed by atoms with van der Waals surface area (Å²) in [5.74, 6) is 0. The zero-order valence-corrected chi connectivity index (χ0v) is 12.2. The summed E-state index contributed by atoms with van der Waals surface area (Å²) >= 11 is 3.54. The molecule has 0 aliphatic heterocycles. The van der Waals surface area contributed by atoms with Crippen molar-refractivity contribution in [1.29, 1.82) is 0 Å². The molecule has 0 atom stereocenters. The van der Waals surface area contributed by atoms with E-state index in [1.807, 2.05) is 13.1 Å². The molecule has 0 aromatic heterocycles. The fourth-order valence-corrected chi connectivity index (χ4v) is 2.33. The molecule has 0 aliphatic rings. The van der Waals surface area contributed by atoms with E-state index in [9.17, 15) is 0 Å². The van der Waals surface area contributed by atoms with Gasteiger partial charge in [-0.3, -0.25) is 0 Å². The van der Waals surface area contributed by atoms with E-state index in [2.05, 4.69) is 75.7 Å². The Morgan fingerprint density at radius 1 is 1.11 bits per heavy atom. The summed E-state index contributed by atoms with van der Waals surface area (Å²) in [5, 5.41) is 3.21. The number of benzene rings is 2. The third-order valence-corrected chi connectivity index (χ3v) is 3.41. The minimum atomic E-state index is 0.861. The van der Waals surface area contributed by atoms with Crippen LogP contribution in [0.4, 0.5) is 11.4 Å². The van der Waals surface area contributed by atoms with E-state index in [-0.39, 0.29) is 0 Å². The predicted octanol–water partition coefficient (Wildman–Crippen LogP) is 3.94. The van der Waals surface area contributed by atoms with Crippen molar-refractivity contribution in [2.45, 2.75) is 6.54 Å². The van der Waals surface area contributed by atoms with E-state index in [1.54, 1.807) is 0 Å². The first-order valence-corrected chi connectivity index (χ1v) is 6.73. The highest BCUT2D eigenvalue weighted by molar-refractivity contribution is 9.10. The molecule has 1 N–H and O–H groups in total. The Labute approximate surface area is 117 Å². The van der Waals surface area contributed by atoms with Crippen molar-refractivity contribution >= 4 is 27.3 Å². The fraction of sp³-hybridized carbons (Fsp3) is 0.200. The summed E-state index contributed by atoms with van der Waals surface area (Å²) in [5.41, 5.74) is 3.69. The van der Waals surface area contributed by atoms with E-state index in [0.29, 0.717) is 0 Å². The van der Waals surface area contributed by atoms with Gasteiger partial charge in [0.25, 0.3) is 0 Å². The molecule has 0 aliphatic carbocycles. The zero-order valence-electron chi connectivity index (χ0n) is 10.7. The summed E-state index contributed by atoms with van der Waals surface area (Å²) < 4.78 is 1.10. The van der Waals surface area contributed by atoms with Crippen LogP contribution in [0.15, 0.2) is 53.0 Å². The first kappa shape index (κ1) is 13.1. The van der Waals surface area contributed by atoms with Gasteiger partial charge < -0.3 is 10.2 Å². The minimum Gasteiger partial charge on any atom is -0.344 e. The van der Waals surface area contributed by atoms with Gasteiger partial charge in [-0.25, -0.2) is 0 Å². The standard InChI is InChI=1S/C15H17BrN2/c1-17-11-12-8-9-13(16)10-15(12)18(2)14-6-4-3-5-7-14/h3-10,17H,11H2,1-2H3. The monoisotopic (exact) mass is 304 g/mol. The lowest BCUT2D eigenvalue weighted by Gasteiger charge is -2.23. The SMILES string of the molecule is CNCc1ccc(Br)cc1N(C)c1ccccc1. The van der Waals surface area contributed by atoms with Crippen molar-refractivity contribution in [3.63, 3.8) is 0 Å². The Morgan fingerprint density at radius 3 is 2.50 bits per heavy atom. The van der Waals surface area contributed by atoms with E-state index in [4.69, 9.17) is 0 Å². The lowest BCUT2D eigenvalue weighted by molar-refractivity contribution is 0.816. The molecule has 0 spiro atoms. The summed E-state index contributed by atoms with van der Waals surface area (Å²) in [7, 11) is 4.06. The van der Waals surface area contributed by atoms with Gasteiger partial charge in [-0.05, 0) is 36.9 Å². The van der Waals surface area contributed by atoms with Gasteiger partial charge >= 0.3 is 0 Å². The molecular formula is C15H17BrN2. The molecule has 94 valence electrons. The first-order valence-electron chi connectivity index (χ1n) is 5.94. The Kier molecular flexibility index (Phi) is 4.39. The summed E-state index contributed by atoms with van der Waals surface area (Å²) in [6.07, 6.45) is 0. The van der Waals surface area contributed by atoms with Crippen LogP contribution in [-0.4, -0.2) is 14.1 Å². The van der Waals surface area contributed by atoms with Crippen molar-refractivity contribution in [3.8, 4) is 0 Å². The first-order chi connectivity index (χ1) is 8.72. The summed E-state index contributed by atoms with van der Waals surface area (Å²) in [6, 6.07) is 16.8. The number of anilines is 2. The lowest BCUT2D eigenvalue weighted by Crippen LogP contribution is -2.14. The van der Waals surface area contributed by atoms with Gasteiger partial charge in [0, 0.05) is 29.4 Å². The highest BCUT2D eigenvalue weighted by Crippen LogP contribution is 2.29. The average molecular weight is 305 g/mol. The van der Waals surface area contributed by atoms with E-state index < -0.39 is 0 Å². The number of para-hydroxylation sites is 1. The van der Waals surface area contributed by atoms with Crippen LogP contribution in [0.5, 0.6) is 0 Å². The number of hydrogen-bond donors (Lipinski definition) is 1. The summed E-state index contributed by atoms with van der Waals surface area (Å²) in [6.45, 7) is 0.861. The van der Waals surface area contributed by atoms with Gasteiger partial charge in [0.1, 0.15) is 0 Å². The predicted molar refractivity (Wildman–Crippen MR) is 81.4 cm³/mol. The van der Waals surface area contributed by atoms with Crippen LogP contribution in [0.3, 0.4) is 0 Å². The van der Waals surface area contributed by atoms with Crippen molar-refractivity contribution in [3.05, 3.63) is 58.6 Å². The molecule has 0 saturated heterocycles. The Hall–Kier alpha value is -1.32. The molecule has 0 radical (unpaired) electrons. The fourth-order valence-electron chi connectivity index (χ4n) is 1.98. The molecule has 2 aromatic carbocycles. The Morgan fingerprint density at radius 2 is 1.83 bits per heavy atom. The molecule has 0 amide bonds. The second-order valence-corrected chi connectivity index (χ2v) is 5.11. The minimum absolute atomic E-state index is 0.861. The van der Waals surface area contributed by atoms with E-state index in [1.165, 1.54) is 16.9 Å². The van der Waals surface area contributed by atoms with Crippen LogP contribution in [0.25, 0.3) is 0 Å². The number of halogens is 1. The maximum Gasteiger partial charge on any atom is 0.0465 e. The third kappa shape index (κ3) is 2.92. The van der Waals surface area contributed by atoms with Crippen molar-refractivity contribution in [2.24, 2.45) is 0 Å². The van der Waals surface area contributed by atoms with Crippen LogP contribution < -0.4 is 10.2 Å². The van der Waals surface area contributed by atoms with Gasteiger partial charge in [-0.2, -0.15) is 0 Å². The van der Waals surface area contributed by atoms with Gasteiger partial charge in [0.15, 0.2) is 0 Å². The van der Waals surface area contributed by atoms with Crippen LogP contribution in [0.2, 0.25) is 0 Å². The molecule has 2 nitrogen and oxygen atoms in total. The van der Waals surface area contributed by atoms with Gasteiger partial charge in [-0.15, -0.1) is 0 Å². The largest absolute Gasteiger partial charge is 0.344 e. The van der Waals surface area contributed by atoms with Crippen LogP contribution in [-0.2, 0) is 6.54 Å². The molecule has 0 heterocycles. The van der Waals surface area contributed by atoms with Crippen LogP contribution in [0.1, 0.15) is 5.56 Å². The maximum atomic E-state index is 3.54. The van der Waals surface area contributed by atoms with Gasteiger partial charge in [0.2, 0.25) is 0 Å². The molecule has 18 heavy (non-hydrogen) atoms. The van der Waals surface area contributed by atoms with Crippen molar-refractivity contribution in [2.75, 3.05) is 19.0 Å². The van der Waals surface area contributed by atoms with Crippen molar-refractivity contribution in [1.82, 2.24) is 5.32 Å². The molecular weight excluding hydrogens is 288 g/mol. The number of hydrogen-bond acceptors (Lipinski definition) is 2. The topological polar surface area (TPSA) is 15.3 Å². The molecule has 0 saturated carbocycles. The highest BCUT2D eigenvalue weighted by Gasteiger charge is 2.09. The van der Waals surface area contributed by atoms with E-state index in [0.717, 1.165) is 11.0 Å². The zero-order chi connectivity index (χ0) is 13.0. The second kappa shape index (κ2) is 6.03. The molecule has 0 fully saturated rings. The Bertz CT molecular complexity index is 511. The Balaban J connectivity index is 2.40. The molecule has 0 bridgehead atoms. The second-order valence-electron chi connectivity index (χ2n) is 4.20. The number of rotatable bonds is 4. The van der Waals surface area contributed by atoms with Crippen molar-refractivity contribution < 1.29 is 0 Å². The number of nitrogens with one attached hydrogen (secondary N) is 1. The lowest BCUT2D eigenvalue weighted by atomic mass is 10.1. The van der Waals surface area contributed by atoms with E-state index >= 15 is 0 Å². The third-order valence-electron chi connectivity index (χ3n) is 2.92. The van der Waals surface area contributed by atoms with Gasteiger partial charge in [0.05, 0.1) is 0 Å². The van der Waals surface area contributed by atoms with Crippen LogP contribution >= 0.6 is 15.9 Å². The molecule has 0 unspecified atom stereocenters. The normalized spacial score (nSPS) is 10.4. The average Bonchev–Trinajstić information content (AvgIpc) is 2.41. The quantitative estimate of drug-likeness (QED) is 0.920. The van der Waals surface area contributed by atoms with Gasteiger partial charge in [-0.1, -0.05) is 40.2 Å². The number of nitrogens with zero attached hydrogens (tertiary/aromatic N) is 1. The highest BCUT2D eigenvalue weighted by atomic mass is 79.9. The van der Waals surface area contributed by atoms with Crippen LogP contribution in [0, 0.1) is 0 Å². The molecule has 2 aromatic rings. The molecule has 3 heteroatoms. The molecule has 2 rings (SSSR count). The maximum absolute atomic E-state index is 3.54. The summed E-state index contributed by atoms with van der Waals surface area (Å²) in [4.78, 5) is 2.21.